The molecule has 0 aliphatic heterocycles. The Kier molecular flexibility index (Phi) is 6.21. The van der Waals surface area contributed by atoms with E-state index in [0.29, 0.717) is 0 Å². The highest BCUT2D eigenvalue weighted by Crippen LogP contribution is 2.15. The topological polar surface area (TPSA) is 17.1 Å². The first-order chi connectivity index (χ1) is 6.17. The van der Waals surface area contributed by atoms with Gasteiger partial charge in [-0.3, -0.25) is 4.79 Å². The molecule has 1 nitrogen and oxygen atoms in total. The zero-order chi connectivity index (χ0) is 10.3. The lowest BCUT2D eigenvalue weighted by molar-refractivity contribution is -0.111. The Morgan fingerprint density at radius 1 is 1.31 bits per heavy atom. The number of ketones is 1. The molecular weight excluding hydrogens is 160 g/mol. The molecule has 0 atom stereocenters. The maximum Gasteiger partial charge on any atom is 0.181 e. The molecule has 0 aliphatic rings. The molecule has 0 bridgehead atoms. The predicted molar refractivity (Wildman–Crippen MR) is 57.7 cm³/mol. The van der Waals surface area contributed by atoms with Gasteiger partial charge in [-0.25, -0.2) is 0 Å². The molecule has 0 fully saturated rings. The number of carbonyl (C=O) groups excluding carboxylic acids is 1. The summed E-state index contributed by atoms with van der Waals surface area (Å²) in [6, 6.07) is 0. The van der Waals surface area contributed by atoms with Crippen molar-refractivity contribution in [2.45, 2.75) is 47.0 Å². The average Bonchev–Trinajstić information content (AvgIpc) is 2.13. The molecule has 0 N–H and O–H groups in total. The van der Waals surface area contributed by atoms with Crippen LogP contribution in [0.5, 0.6) is 0 Å². The summed E-state index contributed by atoms with van der Waals surface area (Å²) in [4.78, 5) is 11.5. The summed E-state index contributed by atoms with van der Waals surface area (Å²) < 4.78 is 0. The van der Waals surface area contributed by atoms with Gasteiger partial charge in [0.2, 0.25) is 0 Å². The second-order valence-electron chi connectivity index (χ2n) is 3.20. The fourth-order valence-electron chi connectivity index (χ4n) is 1.38. The van der Waals surface area contributed by atoms with Gasteiger partial charge in [0.25, 0.3) is 0 Å². The van der Waals surface area contributed by atoms with Crippen molar-refractivity contribution >= 4 is 5.78 Å². The molecule has 0 aliphatic carbocycles. The second kappa shape index (κ2) is 6.64. The fourth-order valence-corrected chi connectivity index (χ4v) is 1.38. The average molecular weight is 180 g/mol. The quantitative estimate of drug-likeness (QED) is 0.590. The smallest absolute Gasteiger partial charge is 0.181 e. The van der Waals surface area contributed by atoms with Crippen LogP contribution in [0.15, 0.2) is 23.3 Å². The van der Waals surface area contributed by atoms with E-state index in [1.54, 1.807) is 12.2 Å². The van der Waals surface area contributed by atoms with Crippen LogP contribution in [0.1, 0.15) is 47.0 Å². The maximum absolute atomic E-state index is 11.5. The predicted octanol–water partition coefficient (Wildman–Crippen LogP) is 3.66. The Balaban J connectivity index is 4.62. The lowest BCUT2D eigenvalue weighted by atomic mass is 9.99. The minimum absolute atomic E-state index is 0.160. The maximum atomic E-state index is 11.5. The van der Waals surface area contributed by atoms with Crippen LogP contribution in [0.3, 0.4) is 0 Å². The van der Waals surface area contributed by atoms with Crippen LogP contribution in [0.2, 0.25) is 0 Å². The first-order valence-electron chi connectivity index (χ1n) is 5.02. The Bertz CT molecular complexity index is 221. The largest absolute Gasteiger partial charge is 0.290 e. The normalized spacial score (nSPS) is 13.2. The van der Waals surface area contributed by atoms with Gasteiger partial charge in [-0.15, -0.1) is 0 Å². The molecule has 0 spiro atoms. The van der Waals surface area contributed by atoms with E-state index >= 15 is 0 Å². The van der Waals surface area contributed by atoms with Gasteiger partial charge in [-0.05, 0) is 38.3 Å². The number of carbonyl (C=O) groups is 1. The van der Waals surface area contributed by atoms with Gasteiger partial charge in [0.1, 0.15) is 0 Å². The lowest BCUT2D eigenvalue weighted by Crippen LogP contribution is -1.99. The molecule has 0 aromatic rings. The SMILES string of the molecule is CC=CC(=O)C(C)=C(CC)CCC. The third-order valence-electron chi connectivity index (χ3n) is 2.20. The van der Waals surface area contributed by atoms with Crippen LogP contribution in [-0.2, 0) is 4.79 Å². The molecule has 0 unspecified atom stereocenters. The zero-order valence-corrected chi connectivity index (χ0v) is 9.18. The van der Waals surface area contributed by atoms with Crippen molar-refractivity contribution < 1.29 is 4.79 Å². The van der Waals surface area contributed by atoms with Crippen LogP contribution >= 0.6 is 0 Å². The molecule has 0 aromatic carbocycles. The summed E-state index contributed by atoms with van der Waals surface area (Å²) in [6.45, 7) is 8.05. The lowest BCUT2D eigenvalue weighted by Gasteiger charge is -2.06. The molecule has 0 amide bonds. The van der Waals surface area contributed by atoms with Gasteiger partial charge >= 0.3 is 0 Å². The summed E-state index contributed by atoms with van der Waals surface area (Å²) in [5.74, 6) is 0.160. The first kappa shape index (κ1) is 12.2. The summed E-state index contributed by atoms with van der Waals surface area (Å²) in [5, 5.41) is 0. The minimum atomic E-state index is 0.160. The van der Waals surface area contributed by atoms with E-state index in [0.717, 1.165) is 24.8 Å². The van der Waals surface area contributed by atoms with Crippen molar-refractivity contribution in [3.8, 4) is 0 Å². The molecule has 0 saturated heterocycles. The van der Waals surface area contributed by atoms with Crippen LogP contribution < -0.4 is 0 Å². The van der Waals surface area contributed by atoms with Crippen molar-refractivity contribution in [1.82, 2.24) is 0 Å². The number of hydrogen-bond donors (Lipinski definition) is 0. The Hall–Kier alpha value is -0.850. The Morgan fingerprint density at radius 3 is 2.31 bits per heavy atom. The van der Waals surface area contributed by atoms with Crippen LogP contribution in [0.4, 0.5) is 0 Å². The highest BCUT2D eigenvalue weighted by molar-refractivity contribution is 6.03. The number of rotatable bonds is 5. The van der Waals surface area contributed by atoms with E-state index in [9.17, 15) is 4.79 Å². The van der Waals surface area contributed by atoms with Crippen LogP contribution in [0.25, 0.3) is 0 Å². The summed E-state index contributed by atoms with van der Waals surface area (Å²) >= 11 is 0. The van der Waals surface area contributed by atoms with Gasteiger partial charge in [0.05, 0.1) is 0 Å². The highest BCUT2D eigenvalue weighted by atomic mass is 16.1. The third kappa shape index (κ3) is 4.07. The van der Waals surface area contributed by atoms with E-state index in [1.807, 2.05) is 13.8 Å². The molecule has 0 saturated carbocycles. The molecule has 74 valence electrons. The highest BCUT2D eigenvalue weighted by Gasteiger charge is 2.05. The van der Waals surface area contributed by atoms with E-state index in [-0.39, 0.29) is 5.78 Å². The van der Waals surface area contributed by atoms with E-state index in [2.05, 4.69) is 13.8 Å². The summed E-state index contributed by atoms with van der Waals surface area (Å²) in [6.07, 6.45) is 6.59. The summed E-state index contributed by atoms with van der Waals surface area (Å²) in [5.41, 5.74) is 2.23. The summed E-state index contributed by atoms with van der Waals surface area (Å²) in [7, 11) is 0. The molecule has 0 radical (unpaired) electrons. The van der Waals surface area contributed by atoms with Gasteiger partial charge in [-0.2, -0.15) is 0 Å². The van der Waals surface area contributed by atoms with Gasteiger partial charge in [-0.1, -0.05) is 31.9 Å². The zero-order valence-electron chi connectivity index (χ0n) is 9.18. The van der Waals surface area contributed by atoms with Crippen LogP contribution in [0, 0.1) is 0 Å². The van der Waals surface area contributed by atoms with Crippen molar-refractivity contribution in [2.75, 3.05) is 0 Å². The van der Waals surface area contributed by atoms with Crippen molar-refractivity contribution in [1.29, 1.82) is 0 Å². The molecule has 1 heteroatoms. The number of hydrogen-bond acceptors (Lipinski definition) is 1. The van der Waals surface area contributed by atoms with Crippen molar-refractivity contribution in [3.05, 3.63) is 23.3 Å². The number of allylic oxidation sites excluding steroid dienone is 4. The molecule has 0 aromatic heterocycles. The standard InChI is InChI=1S/C12H20O/c1-5-8-11(7-3)10(4)12(13)9-6-2/h6,9H,5,7-8H2,1-4H3. The third-order valence-corrected chi connectivity index (χ3v) is 2.20. The monoisotopic (exact) mass is 180 g/mol. The fraction of sp³-hybridized carbons (Fsp3) is 0.583. The van der Waals surface area contributed by atoms with E-state index in [4.69, 9.17) is 0 Å². The Morgan fingerprint density at radius 2 is 1.92 bits per heavy atom. The molecule has 0 heterocycles. The van der Waals surface area contributed by atoms with Gasteiger partial charge in [0.15, 0.2) is 5.78 Å². The van der Waals surface area contributed by atoms with Crippen molar-refractivity contribution in [3.63, 3.8) is 0 Å². The van der Waals surface area contributed by atoms with Gasteiger partial charge in [0, 0.05) is 0 Å². The van der Waals surface area contributed by atoms with E-state index < -0.39 is 0 Å². The molecular formula is C12H20O. The van der Waals surface area contributed by atoms with Gasteiger partial charge < -0.3 is 0 Å². The minimum Gasteiger partial charge on any atom is -0.290 e. The first-order valence-corrected chi connectivity index (χ1v) is 5.02. The second-order valence-corrected chi connectivity index (χ2v) is 3.20. The van der Waals surface area contributed by atoms with E-state index in [1.165, 1.54) is 5.57 Å². The van der Waals surface area contributed by atoms with Crippen LogP contribution in [-0.4, -0.2) is 5.78 Å². The van der Waals surface area contributed by atoms with Crippen molar-refractivity contribution in [2.24, 2.45) is 0 Å². The molecule has 13 heavy (non-hydrogen) atoms. The molecule has 0 rings (SSSR count). The Labute approximate surface area is 81.5 Å².